The van der Waals surface area contributed by atoms with E-state index in [4.69, 9.17) is 0 Å². The predicted octanol–water partition coefficient (Wildman–Crippen LogP) is 7.62. The highest BCUT2D eigenvalue weighted by Gasteiger charge is 2.14. The Morgan fingerprint density at radius 3 is 0.640 bits per heavy atom. The van der Waals surface area contributed by atoms with E-state index in [9.17, 15) is 39.6 Å². The van der Waals surface area contributed by atoms with Crippen LogP contribution >= 0.6 is 0 Å². The third-order valence-electron chi connectivity index (χ3n) is 9.06. The molecule has 0 saturated heterocycles. The molecule has 0 unspecified atom stereocenters. The smallest absolute Gasteiger partial charge is 0.335 e. The molecule has 0 aliphatic carbocycles. The van der Waals surface area contributed by atoms with Crippen LogP contribution < -0.4 is 0 Å². The fraction of sp³-hybridized carbons (Fsp3) is 0.190. The molecule has 0 aliphatic rings. The van der Waals surface area contributed by atoms with Crippen LogP contribution in [0.4, 0.5) is 0 Å². The molecule has 254 valence electrons. The third-order valence-corrected chi connectivity index (χ3v) is 9.06. The van der Waals surface area contributed by atoms with Crippen molar-refractivity contribution in [2.45, 2.75) is 51.4 Å². The number of aromatic carboxylic acids is 4. The van der Waals surface area contributed by atoms with E-state index in [1.165, 1.54) is 22.3 Å². The number of carboxylic acid groups (broad SMARTS) is 4. The number of carbonyl (C=O) groups is 4. The van der Waals surface area contributed by atoms with Gasteiger partial charge in [0.15, 0.2) is 0 Å². The second-order valence-corrected chi connectivity index (χ2v) is 12.4. The van der Waals surface area contributed by atoms with Crippen LogP contribution in [0.25, 0.3) is 0 Å². The molecule has 0 spiro atoms. The van der Waals surface area contributed by atoms with Crippen LogP contribution in [0.1, 0.15) is 85.9 Å². The standard InChI is InChI=1S/C42H38O8/c43-39(44)31-13-1-27(2-14-31)9-21-35-25-37(23-11-29-5-17-33(18-6-29)41(47)48)38(24-12-30-7-19-34(20-8-30)42(49)50)26-36(35)22-10-28-3-15-32(16-4-28)40(45)46/h1-8,13-20,25-26H,9-12,21-24H2,(H,43,44)(H,45,46)(H,47,48)(H,49,50). The Balaban J connectivity index is 1.45. The van der Waals surface area contributed by atoms with Crippen molar-refractivity contribution in [1.82, 2.24) is 0 Å². The first kappa shape index (κ1) is 35.3. The fourth-order valence-corrected chi connectivity index (χ4v) is 6.09. The third kappa shape index (κ3) is 9.54. The average Bonchev–Trinajstić information content (AvgIpc) is 3.12. The molecule has 0 radical (unpaired) electrons. The summed E-state index contributed by atoms with van der Waals surface area (Å²) < 4.78 is 0. The SMILES string of the molecule is O=C(O)c1ccc(CCc2cc(CCc3ccc(C(=O)O)cc3)c(CCc3ccc(C(=O)O)cc3)cc2CCc2ccc(C(=O)O)cc2)cc1. The second kappa shape index (κ2) is 16.4. The van der Waals surface area contributed by atoms with Gasteiger partial charge in [-0.15, -0.1) is 0 Å². The number of rotatable bonds is 16. The zero-order valence-electron chi connectivity index (χ0n) is 27.5. The number of hydrogen-bond donors (Lipinski definition) is 4. The highest BCUT2D eigenvalue weighted by atomic mass is 16.4. The van der Waals surface area contributed by atoms with Crippen LogP contribution in [-0.2, 0) is 51.4 Å². The largest absolute Gasteiger partial charge is 0.478 e. The van der Waals surface area contributed by atoms with Crippen molar-refractivity contribution in [3.63, 3.8) is 0 Å². The summed E-state index contributed by atoms with van der Waals surface area (Å²) in [5, 5.41) is 37.3. The number of carboxylic acids is 4. The van der Waals surface area contributed by atoms with Gasteiger partial charge in [-0.1, -0.05) is 60.7 Å². The fourth-order valence-electron chi connectivity index (χ4n) is 6.09. The quantitative estimate of drug-likeness (QED) is 0.0838. The van der Waals surface area contributed by atoms with E-state index in [2.05, 4.69) is 12.1 Å². The Bertz CT molecular complexity index is 1690. The normalized spacial score (nSPS) is 10.9. The molecule has 0 atom stereocenters. The maximum Gasteiger partial charge on any atom is 0.335 e. The Labute approximate surface area is 290 Å². The second-order valence-electron chi connectivity index (χ2n) is 12.4. The molecule has 0 aliphatic heterocycles. The maximum absolute atomic E-state index is 11.4. The van der Waals surface area contributed by atoms with Crippen molar-refractivity contribution in [2.24, 2.45) is 0 Å². The van der Waals surface area contributed by atoms with Crippen molar-refractivity contribution in [3.8, 4) is 0 Å². The molecule has 0 saturated carbocycles. The van der Waals surface area contributed by atoms with E-state index < -0.39 is 23.9 Å². The van der Waals surface area contributed by atoms with Crippen LogP contribution in [0, 0.1) is 0 Å². The van der Waals surface area contributed by atoms with Gasteiger partial charge in [-0.2, -0.15) is 0 Å². The van der Waals surface area contributed by atoms with Gasteiger partial charge in [0.25, 0.3) is 0 Å². The van der Waals surface area contributed by atoms with E-state index in [0.717, 1.165) is 47.9 Å². The van der Waals surface area contributed by atoms with Crippen molar-refractivity contribution < 1.29 is 39.6 Å². The van der Waals surface area contributed by atoms with Gasteiger partial charge in [0.2, 0.25) is 0 Å². The molecule has 8 nitrogen and oxygen atoms in total. The minimum Gasteiger partial charge on any atom is -0.478 e. The molecule has 5 aromatic carbocycles. The number of aryl methyl sites for hydroxylation is 8. The van der Waals surface area contributed by atoms with Crippen LogP contribution in [0.15, 0.2) is 109 Å². The molecule has 50 heavy (non-hydrogen) atoms. The van der Waals surface area contributed by atoms with Crippen molar-refractivity contribution in [3.05, 3.63) is 176 Å². The zero-order chi connectivity index (χ0) is 35.6. The summed E-state index contributed by atoms with van der Waals surface area (Å²) in [5.74, 6) is -3.87. The summed E-state index contributed by atoms with van der Waals surface area (Å²) in [4.78, 5) is 45.5. The lowest BCUT2D eigenvalue weighted by atomic mass is 9.87. The average molecular weight is 671 g/mol. The van der Waals surface area contributed by atoms with Gasteiger partial charge >= 0.3 is 23.9 Å². The molecule has 0 fully saturated rings. The van der Waals surface area contributed by atoms with Crippen molar-refractivity contribution >= 4 is 23.9 Å². The lowest BCUT2D eigenvalue weighted by Gasteiger charge is -2.18. The molecule has 8 heteroatoms. The summed E-state index contributed by atoms with van der Waals surface area (Å²) in [5.41, 5.74) is 9.79. The molecule has 5 rings (SSSR count). The van der Waals surface area contributed by atoms with Gasteiger partial charge in [-0.25, -0.2) is 19.2 Å². The first-order valence-corrected chi connectivity index (χ1v) is 16.5. The van der Waals surface area contributed by atoms with Crippen LogP contribution in [0.2, 0.25) is 0 Å². The van der Waals surface area contributed by atoms with Gasteiger partial charge in [0.1, 0.15) is 0 Å². The molecular formula is C42H38O8. The zero-order valence-corrected chi connectivity index (χ0v) is 27.5. The Morgan fingerprint density at radius 1 is 0.300 bits per heavy atom. The molecule has 0 amide bonds. The predicted molar refractivity (Wildman–Crippen MR) is 190 cm³/mol. The van der Waals surface area contributed by atoms with Gasteiger partial charge in [0.05, 0.1) is 22.3 Å². The Hall–Kier alpha value is -6.02. The monoisotopic (exact) mass is 670 g/mol. The lowest BCUT2D eigenvalue weighted by Crippen LogP contribution is -2.07. The maximum atomic E-state index is 11.4. The summed E-state index contributed by atoms with van der Waals surface area (Å²) in [7, 11) is 0. The van der Waals surface area contributed by atoms with Gasteiger partial charge in [-0.05, 0) is 144 Å². The summed E-state index contributed by atoms with van der Waals surface area (Å²) in [6.07, 6.45) is 5.79. The molecular weight excluding hydrogens is 632 g/mol. The number of hydrogen-bond acceptors (Lipinski definition) is 4. The molecule has 0 bridgehead atoms. The summed E-state index contributed by atoms with van der Waals surface area (Å²) in [6.45, 7) is 0. The highest BCUT2D eigenvalue weighted by molar-refractivity contribution is 5.88. The molecule has 4 N–H and O–H groups in total. The molecule has 0 aromatic heterocycles. The van der Waals surface area contributed by atoms with Crippen LogP contribution in [-0.4, -0.2) is 44.3 Å². The van der Waals surface area contributed by atoms with Gasteiger partial charge in [0, 0.05) is 0 Å². The minimum absolute atomic E-state index is 0.240. The first-order chi connectivity index (χ1) is 24.0. The molecule has 5 aromatic rings. The molecule has 0 heterocycles. The summed E-state index contributed by atoms with van der Waals surface area (Å²) >= 11 is 0. The van der Waals surface area contributed by atoms with Crippen molar-refractivity contribution in [1.29, 1.82) is 0 Å². The first-order valence-electron chi connectivity index (χ1n) is 16.5. The van der Waals surface area contributed by atoms with E-state index in [-0.39, 0.29) is 22.3 Å². The van der Waals surface area contributed by atoms with E-state index >= 15 is 0 Å². The topological polar surface area (TPSA) is 149 Å². The highest BCUT2D eigenvalue weighted by Crippen LogP contribution is 2.25. The van der Waals surface area contributed by atoms with Gasteiger partial charge < -0.3 is 20.4 Å². The number of benzene rings is 5. The lowest BCUT2D eigenvalue weighted by molar-refractivity contribution is 0.0686. The Kier molecular flexibility index (Phi) is 11.6. The van der Waals surface area contributed by atoms with E-state index in [0.29, 0.717) is 25.7 Å². The van der Waals surface area contributed by atoms with Crippen LogP contribution in [0.5, 0.6) is 0 Å². The summed E-state index contributed by atoms with van der Waals surface area (Å²) in [6, 6.07) is 32.2. The van der Waals surface area contributed by atoms with Crippen LogP contribution in [0.3, 0.4) is 0 Å². The van der Waals surface area contributed by atoms with E-state index in [1.54, 1.807) is 48.5 Å². The van der Waals surface area contributed by atoms with E-state index in [1.807, 2.05) is 48.5 Å². The Morgan fingerprint density at radius 2 is 0.480 bits per heavy atom. The minimum atomic E-state index is -0.967. The van der Waals surface area contributed by atoms with Crippen molar-refractivity contribution in [2.75, 3.05) is 0 Å². The van der Waals surface area contributed by atoms with Gasteiger partial charge in [-0.3, -0.25) is 0 Å².